The molecule has 0 aliphatic rings. The number of ether oxygens (including phenoxy) is 1. The van der Waals surface area contributed by atoms with Gasteiger partial charge in [-0.15, -0.1) is 0 Å². The maximum atomic E-state index is 12.1. The van der Waals surface area contributed by atoms with Crippen LogP contribution in [0.4, 0.5) is 0 Å². The first-order chi connectivity index (χ1) is 11.1. The zero-order valence-electron chi connectivity index (χ0n) is 14.5. The van der Waals surface area contributed by atoms with E-state index in [1.165, 1.54) is 0 Å². The Morgan fingerprint density at radius 2 is 1.83 bits per heavy atom. The van der Waals surface area contributed by atoms with Gasteiger partial charge in [-0.3, -0.25) is 4.79 Å². The summed E-state index contributed by atoms with van der Waals surface area (Å²) in [6.45, 7) is 8.82. The minimum Gasteiger partial charge on any atom is -0.464 e. The Bertz CT molecular complexity index is 439. The van der Waals surface area contributed by atoms with Gasteiger partial charge in [-0.25, -0.2) is 5.09 Å². The van der Waals surface area contributed by atoms with Crippen molar-refractivity contribution in [1.82, 2.24) is 5.09 Å². The second kappa shape index (κ2) is 11.4. The summed E-state index contributed by atoms with van der Waals surface area (Å²) in [4.78, 5) is 12.1. The van der Waals surface area contributed by atoms with Crippen LogP contribution in [0, 0.1) is 5.92 Å². The van der Waals surface area contributed by atoms with Gasteiger partial charge in [-0.2, -0.15) is 0 Å². The van der Waals surface area contributed by atoms with Gasteiger partial charge in [0.2, 0.25) is 0 Å². The number of rotatable bonds is 11. The number of hydrogen-bond donors (Lipinski definition) is 1. The predicted molar refractivity (Wildman–Crippen MR) is 93.2 cm³/mol. The van der Waals surface area contributed by atoms with Crippen LogP contribution in [0.3, 0.4) is 0 Å². The summed E-state index contributed by atoms with van der Waals surface area (Å²) < 4.78 is 16.7. The molecule has 1 aromatic carbocycles. The van der Waals surface area contributed by atoms with Crippen molar-refractivity contribution in [3.8, 4) is 5.75 Å². The molecule has 2 atom stereocenters. The molecule has 0 aliphatic carbocycles. The highest BCUT2D eigenvalue weighted by Gasteiger charge is 2.22. The Balaban J connectivity index is 2.49. The average molecular weight is 341 g/mol. The van der Waals surface area contributed by atoms with Gasteiger partial charge in [0, 0.05) is 0 Å². The van der Waals surface area contributed by atoms with Gasteiger partial charge in [0.05, 0.1) is 13.2 Å². The number of carbonyl (C=O) groups is 1. The maximum absolute atomic E-state index is 12.1. The highest BCUT2D eigenvalue weighted by Crippen LogP contribution is 2.35. The van der Waals surface area contributed by atoms with Crippen molar-refractivity contribution in [1.29, 1.82) is 0 Å². The van der Waals surface area contributed by atoms with E-state index in [2.05, 4.69) is 18.9 Å². The van der Waals surface area contributed by atoms with Crippen LogP contribution in [-0.4, -0.2) is 25.2 Å². The Labute approximate surface area is 140 Å². The van der Waals surface area contributed by atoms with E-state index in [4.69, 9.17) is 13.8 Å². The van der Waals surface area contributed by atoms with Crippen molar-refractivity contribution in [3.63, 3.8) is 0 Å². The maximum Gasteiger partial charge on any atom is 0.323 e. The molecule has 2 unspecified atom stereocenters. The Kier molecular flexibility index (Phi) is 9.85. The van der Waals surface area contributed by atoms with Gasteiger partial charge in [0.1, 0.15) is 11.8 Å². The van der Waals surface area contributed by atoms with E-state index in [1.54, 1.807) is 6.92 Å². The third-order valence-electron chi connectivity index (χ3n) is 3.45. The lowest BCUT2D eigenvalue weighted by molar-refractivity contribution is -0.146. The van der Waals surface area contributed by atoms with Crippen molar-refractivity contribution in [2.75, 3.05) is 13.2 Å². The summed E-state index contributed by atoms with van der Waals surface area (Å²) >= 11 is 0. The molecular weight excluding hydrogens is 313 g/mol. The summed E-state index contributed by atoms with van der Waals surface area (Å²) in [5, 5.41) is 3.07. The molecule has 5 nitrogen and oxygen atoms in total. The van der Waals surface area contributed by atoms with E-state index in [9.17, 15) is 4.79 Å². The van der Waals surface area contributed by atoms with E-state index < -0.39 is 14.6 Å². The van der Waals surface area contributed by atoms with Crippen molar-refractivity contribution in [2.45, 2.75) is 46.6 Å². The van der Waals surface area contributed by atoms with Crippen LogP contribution >= 0.6 is 8.53 Å². The lowest BCUT2D eigenvalue weighted by atomic mass is 10.1. The van der Waals surface area contributed by atoms with E-state index in [0.717, 1.165) is 12.8 Å². The monoisotopic (exact) mass is 341 g/mol. The molecule has 0 heterocycles. The first-order valence-electron chi connectivity index (χ1n) is 8.19. The number of benzene rings is 1. The third kappa shape index (κ3) is 7.78. The van der Waals surface area contributed by atoms with Gasteiger partial charge in [-0.1, -0.05) is 44.9 Å². The van der Waals surface area contributed by atoms with Gasteiger partial charge < -0.3 is 13.8 Å². The topological polar surface area (TPSA) is 56.8 Å². The minimum atomic E-state index is -1.39. The van der Waals surface area contributed by atoms with E-state index >= 15 is 0 Å². The van der Waals surface area contributed by atoms with Gasteiger partial charge in [-0.05, 0) is 31.9 Å². The molecule has 130 valence electrons. The molecule has 1 rings (SSSR count). The number of carbonyl (C=O) groups excluding carboxylic acids is 1. The van der Waals surface area contributed by atoms with Crippen LogP contribution in [0.25, 0.3) is 0 Å². The first-order valence-corrected chi connectivity index (χ1v) is 9.37. The molecule has 0 fully saturated rings. The molecule has 1 N–H and O–H groups in total. The summed E-state index contributed by atoms with van der Waals surface area (Å²) in [5.41, 5.74) is 0. The summed E-state index contributed by atoms with van der Waals surface area (Å²) in [5.74, 6) is 0.845. The van der Waals surface area contributed by atoms with Crippen LogP contribution in [0.5, 0.6) is 5.75 Å². The number of esters is 1. The largest absolute Gasteiger partial charge is 0.464 e. The zero-order chi connectivity index (χ0) is 17.1. The molecular formula is C17H28NO4P. The van der Waals surface area contributed by atoms with Crippen molar-refractivity contribution < 1.29 is 18.6 Å². The fraction of sp³-hybridized carbons (Fsp3) is 0.588. The van der Waals surface area contributed by atoms with Gasteiger partial charge in [0.25, 0.3) is 0 Å². The van der Waals surface area contributed by atoms with Crippen LogP contribution in [0.1, 0.15) is 40.5 Å². The minimum absolute atomic E-state index is 0.277. The molecule has 0 bridgehead atoms. The molecule has 23 heavy (non-hydrogen) atoms. The Morgan fingerprint density at radius 1 is 1.17 bits per heavy atom. The number of hydrogen-bond acceptors (Lipinski definition) is 5. The highest BCUT2D eigenvalue weighted by molar-refractivity contribution is 7.45. The summed E-state index contributed by atoms with van der Waals surface area (Å²) in [6, 6.07) is 8.93. The summed E-state index contributed by atoms with van der Waals surface area (Å²) in [7, 11) is -1.39. The van der Waals surface area contributed by atoms with E-state index in [0.29, 0.717) is 24.9 Å². The predicted octanol–water partition coefficient (Wildman–Crippen LogP) is 4.29. The van der Waals surface area contributed by atoms with Crippen molar-refractivity contribution in [2.24, 2.45) is 5.92 Å². The highest BCUT2D eigenvalue weighted by atomic mass is 31.2. The first kappa shape index (κ1) is 19.9. The molecule has 0 aromatic heterocycles. The van der Waals surface area contributed by atoms with Gasteiger partial charge >= 0.3 is 14.5 Å². The second-order valence-electron chi connectivity index (χ2n) is 5.24. The fourth-order valence-electron chi connectivity index (χ4n) is 1.84. The smallest absolute Gasteiger partial charge is 0.323 e. The Morgan fingerprint density at radius 3 is 2.39 bits per heavy atom. The molecule has 0 aliphatic heterocycles. The summed E-state index contributed by atoms with van der Waals surface area (Å²) in [6.07, 6.45) is 2.02. The van der Waals surface area contributed by atoms with Crippen LogP contribution in [-0.2, 0) is 14.1 Å². The van der Waals surface area contributed by atoms with Crippen LogP contribution < -0.4 is 9.61 Å². The molecule has 0 saturated heterocycles. The zero-order valence-corrected chi connectivity index (χ0v) is 15.3. The van der Waals surface area contributed by atoms with Crippen LogP contribution in [0.2, 0.25) is 0 Å². The molecule has 0 spiro atoms. The normalized spacial score (nSPS) is 13.6. The van der Waals surface area contributed by atoms with E-state index in [-0.39, 0.29) is 5.97 Å². The van der Waals surface area contributed by atoms with Crippen molar-refractivity contribution in [3.05, 3.63) is 30.3 Å². The molecule has 6 heteroatoms. The van der Waals surface area contributed by atoms with Crippen molar-refractivity contribution >= 4 is 14.5 Å². The lowest BCUT2D eigenvalue weighted by Crippen LogP contribution is -2.34. The standard InChI is InChI=1S/C17H28NO4P/c1-5-15(6-2)13-20-17(19)14(4)18-23(21-7-3)22-16-11-9-8-10-12-16/h8-12,14-15,18H,5-7,13H2,1-4H3. The van der Waals surface area contributed by atoms with E-state index in [1.807, 2.05) is 37.3 Å². The second-order valence-corrected chi connectivity index (χ2v) is 6.46. The molecule has 0 amide bonds. The fourth-order valence-corrected chi connectivity index (χ4v) is 2.99. The average Bonchev–Trinajstić information content (AvgIpc) is 2.56. The Hall–Kier alpha value is -1.16. The third-order valence-corrected chi connectivity index (χ3v) is 4.91. The molecule has 0 saturated carbocycles. The SMILES string of the molecule is CCOP(NC(C)C(=O)OCC(CC)CC)Oc1ccccc1. The number of para-hydroxylation sites is 1. The molecule has 0 radical (unpaired) electrons. The molecule has 1 aromatic rings. The van der Waals surface area contributed by atoms with Gasteiger partial charge in [0.15, 0.2) is 0 Å². The lowest BCUT2D eigenvalue weighted by Gasteiger charge is -2.22. The quantitative estimate of drug-likeness (QED) is 0.481. The number of nitrogens with one attached hydrogen (secondary N) is 1. The van der Waals surface area contributed by atoms with Crippen LogP contribution in [0.15, 0.2) is 30.3 Å².